The van der Waals surface area contributed by atoms with Crippen LogP contribution in [-0.4, -0.2) is 45.4 Å². The molecule has 3 aromatic rings. The van der Waals surface area contributed by atoms with Crippen molar-refractivity contribution >= 4 is 39.9 Å². The van der Waals surface area contributed by atoms with Crippen molar-refractivity contribution in [2.24, 2.45) is 0 Å². The fourth-order valence-electron chi connectivity index (χ4n) is 3.85. The fraction of sp³-hybridized carbons (Fsp3) is 0.375. The van der Waals surface area contributed by atoms with Gasteiger partial charge in [0.2, 0.25) is 0 Å². The van der Waals surface area contributed by atoms with Crippen molar-refractivity contribution in [3.8, 4) is 11.5 Å². The quantitative estimate of drug-likeness (QED) is 0.519. The second-order valence-corrected chi connectivity index (χ2v) is 7.82. The molecule has 32 heavy (non-hydrogen) atoms. The lowest BCUT2D eigenvalue weighted by Gasteiger charge is -2.31. The van der Waals surface area contributed by atoms with E-state index in [-0.39, 0.29) is 11.7 Å². The molecule has 0 spiro atoms. The van der Waals surface area contributed by atoms with Crippen molar-refractivity contribution in [3.05, 3.63) is 46.7 Å². The molecule has 2 aromatic carbocycles. The van der Waals surface area contributed by atoms with Crippen LogP contribution in [0.3, 0.4) is 0 Å². The molecular weight excluding hydrogens is 432 g/mol. The van der Waals surface area contributed by atoms with Gasteiger partial charge in [0.05, 0.1) is 42.8 Å². The lowest BCUT2D eigenvalue weighted by molar-refractivity contribution is 0.0997. The van der Waals surface area contributed by atoms with Gasteiger partial charge < -0.3 is 28.8 Å². The summed E-state index contributed by atoms with van der Waals surface area (Å²) in [5.41, 5.74) is 2.67. The third kappa shape index (κ3) is 4.36. The maximum Gasteiger partial charge on any atom is 0.291 e. The molecule has 0 saturated carbocycles. The minimum Gasteiger partial charge on any atom is -0.492 e. The third-order valence-corrected chi connectivity index (χ3v) is 5.68. The Morgan fingerprint density at radius 1 is 1.12 bits per heavy atom. The number of hydrogen-bond donors (Lipinski definition) is 1. The highest BCUT2D eigenvalue weighted by atomic mass is 35.5. The molecular formula is C24H27ClN2O5. The Bertz CT molecular complexity index is 1120. The topological polar surface area (TPSA) is 73.2 Å². The first kappa shape index (κ1) is 22.3. The number of para-hydroxylation sites is 1. The first-order valence-electron chi connectivity index (χ1n) is 10.8. The van der Waals surface area contributed by atoms with Crippen LogP contribution in [-0.2, 0) is 4.74 Å². The average Bonchev–Trinajstić information content (AvgIpc) is 3.14. The lowest BCUT2D eigenvalue weighted by Crippen LogP contribution is -2.36. The number of rotatable bonds is 7. The number of fused-ring (bicyclic) bond motifs is 1. The summed E-state index contributed by atoms with van der Waals surface area (Å²) in [6, 6.07) is 9.17. The van der Waals surface area contributed by atoms with Gasteiger partial charge in [-0.25, -0.2) is 0 Å². The number of aryl methyl sites for hydroxylation is 1. The summed E-state index contributed by atoms with van der Waals surface area (Å²) in [5.74, 6) is 1.08. The van der Waals surface area contributed by atoms with Crippen molar-refractivity contribution < 1.29 is 23.4 Å². The van der Waals surface area contributed by atoms with Gasteiger partial charge in [-0.15, -0.1) is 0 Å². The number of ether oxygens (including phenoxy) is 3. The molecule has 0 atom stereocenters. The minimum atomic E-state index is -0.378. The predicted octanol–water partition coefficient (Wildman–Crippen LogP) is 5.28. The van der Waals surface area contributed by atoms with Gasteiger partial charge in [-0.3, -0.25) is 4.79 Å². The number of nitrogens with zero attached hydrogens (tertiary/aromatic N) is 1. The monoisotopic (exact) mass is 458 g/mol. The van der Waals surface area contributed by atoms with E-state index in [0.717, 1.165) is 29.7 Å². The standard InChI is InChI=1S/C24H27ClN2O5/c1-4-30-20-14-19(27-9-11-29-12-10-27)21(31-5-2)13-18(20)26-24(28)22-15(3)16-7-6-8-17(25)23(16)32-22/h6-8,13-14H,4-5,9-12H2,1-3H3,(H,26,28). The summed E-state index contributed by atoms with van der Waals surface area (Å²) < 4.78 is 23.1. The van der Waals surface area contributed by atoms with Crippen molar-refractivity contribution in [1.82, 2.24) is 0 Å². The Hall–Kier alpha value is -2.90. The smallest absolute Gasteiger partial charge is 0.291 e. The maximum absolute atomic E-state index is 13.2. The number of furan rings is 1. The maximum atomic E-state index is 13.2. The first-order chi connectivity index (χ1) is 15.5. The Morgan fingerprint density at radius 3 is 2.53 bits per heavy atom. The van der Waals surface area contributed by atoms with Gasteiger partial charge in [0.1, 0.15) is 11.5 Å². The van der Waals surface area contributed by atoms with Gasteiger partial charge in [0.15, 0.2) is 11.3 Å². The van der Waals surface area contributed by atoms with E-state index in [1.807, 2.05) is 45.0 Å². The molecule has 0 radical (unpaired) electrons. The number of amides is 1. The van der Waals surface area contributed by atoms with Crippen LogP contribution in [0.5, 0.6) is 11.5 Å². The lowest BCUT2D eigenvalue weighted by atomic mass is 10.1. The molecule has 1 aromatic heterocycles. The summed E-state index contributed by atoms with van der Waals surface area (Å²) in [6.45, 7) is 9.46. The van der Waals surface area contributed by atoms with Crippen LogP contribution in [0.4, 0.5) is 11.4 Å². The van der Waals surface area contributed by atoms with E-state index < -0.39 is 0 Å². The van der Waals surface area contributed by atoms with E-state index in [0.29, 0.717) is 54.2 Å². The summed E-state index contributed by atoms with van der Waals surface area (Å²) in [4.78, 5) is 15.4. The SMILES string of the molecule is CCOc1cc(N2CCOCC2)c(OCC)cc1NC(=O)c1oc2c(Cl)cccc2c1C. The molecule has 0 bridgehead atoms. The Balaban J connectivity index is 1.70. The molecule has 1 aliphatic heterocycles. The number of carbonyl (C=O) groups excluding carboxylic acids is 1. The van der Waals surface area contributed by atoms with E-state index in [1.165, 1.54) is 0 Å². The molecule has 8 heteroatoms. The van der Waals surface area contributed by atoms with Crippen molar-refractivity contribution in [3.63, 3.8) is 0 Å². The zero-order chi connectivity index (χ0) is 22.7. The molecule has 1 saturated heterocycles. The summed E-state index contributed by atoms with van der Waals surface area (Å²) in [6.07, 6.45) is 0. The highest BCUT2D eigenvalue weighted by Gasteiger charge is 2.23. The minimum absolute atomic E-state index is 0.214. The molecule has 4 rings (SSSR count). The van der Waals surface area contributed by atoms with E-state index in [2.05, 4.69) is 10.2 Å². The van der Waals surface area contributed by atoms with Gasteiger partial charge in [0, 0.05) is 36.2 Å². The van der Waals surface area contributed by atoms with Crippen LogP contribution in [0.15, 0.2) is 34.7 Å². The van der Waals surface area contributed by atoms with Gasteiger partial charge in [0.25, 0.3) is 5.91 Å². The number of carbonyl (C=O) groups is 1. The Kier molecular flexibility index (Phi) is 6.77. The van der Waals surface area contributed by atoms with Crippen LogP contribution >= 0.6 is 11.6 Å². The van der Waals surface area contributed by atoms with Gasteiger partial charge in [-0.05, 0) is 26.8 Å². The molecule has 2 heterocycles. The number of anilines is 2. The van der Waals surface area contributed by atoms with E-state index in [4.69, 9.17) is 30.2 Å². The fourth-order valence-corrected chi connectivity index (χ4v) is 4.06. The Morgan fingerprint density at radius 2 is 1.84 bits per heavy atom. The summed E-state index contributed by atoms with van der Waals surface area (Å²) >= 11 is 6.24. The zero-order valence-electron chi connectivity index (χ0n) is 18.5. The number of morpholine rings is 1. The number of hydrogen-bond acceptors (Lipinski definition) is 6. The normalized spacial score (nSPS) is 13.9. The van der Waals surface area contributed by atoms with Crippen molar-refractivity contribution in [2.45, 2.75) is 20.8 Å². The molecule has 0 aliphatic carbocycles. The van der Waals surface area contributed by atoms with Gasteiger partial charge in [-0.2, -0.15) is 0 Å². The van der Waals surface area contributed by atoms with Crippen molar-refractivity contribution in [1.29, 1.82) is 0 Å². The van der Waals surface area contributed by atoms with Gasteiger partial charge >= 0.3 is 0 Å². The van der Waals surface area contributed by atoms with E-state index in [9.17, 15) is 4.79 Å². The van der Waals surface area contributed by atoms with Crippen LogP contribution in [0.1, 0.15) is 30.0 Å². The number of halogens is 1. The molecule has 0 unspecified atom stereocenters. The van der Waals surface area contributed by atoms with Crippen LogP contribution in [0.25, 0.3) is 11.0 Å². The van der Waals surface area contributed by atoms with Crippen LogP contribution in [0, 0.1) is 6.92 Å². The predicted molar refractivity (Wildman–Crippen MR) is 126 cm³/mol. The molecule has 1 amide bonds. The third-order valence-electron chi connectivity index (χ3n) is 5.38. The second kappa shape index (κ2) is 9.71. The number of benzene rings is 2. The highest BCUT2D eigenvalue weighted by molar-refractivity contribution is 6.35. The highest BCUT2D eigenvalue weighted by Crippen LogP contribution is 2.40. The summed E-state index contributed by atoms with van der Waals surface area (Å²) in [5, 5.41) is 4.21. The Labute approximate surface area is 192 Å². The van der Waals surface area contributed by atoms with Crippen LogP contribution < -0.4 is 19.7 Å². The van der Waals surface area contributed by atoms with E-state index in [1.54, 1.807) is 6.07 Å². The van der Waals surface area contributed by atoms with E-state index >= 15 is 0 Å². The van der Waals surface area contributed by atoms with Crippen LogP contribution in [0.2, 0.25) is 5.02 Å². The van der Waals surface area contributed by atoms with Gasteiger partial charge in [-0.1, -0.05) is 23.7 Å². The molecule has 1 N–H and O–H groups in total. The first-order valence-corrected chi connectivity index (χ1v) is 11.2. The number of nitrogens with one attached hydrogen (secondary N) is 1. The largest absolute Gasteiger partial charge is 0.492 e. The molecule has 1 fully saturated rings. The molecule has 1 aliphatic rings. The average molecular weight is 459 g/mol. The molecule has 170 valence electrons. The zero-order valence-corrected chi connectivity index (χ0v) is 19.3. The van der Waals surface area contributed by atoms with Crippen molar-refractivity contribution in [2.75, 3.05) is 49.7 Å². The summed E-state index contributed by atoms with van der Waals surface area (Å²) in [7, 11) is 0. The molecule has 7 nitrogen and oxygen atoms in total. The second-order valence-electron chi connectivity index (χ2n) is 7.41.